The van der Waals surface area contributed by atoms with Crippen molar-refractivity contribution in [1.29, 1.82) is 0 Å². The predicted octanol–water partition coefficient (Wildman–Crippen LogP) is 3.66. The van der Waals surface area contributed by atoms with Crippen molar-refractivity contribution in [3.05, 3.63) is 15.1 Å². The normalized spacial score (nSPS) is 15.6. The molecule has 1 saturated carbocycles. The van der Waals surface area contributed by atoms with Crippen LogP contribution in [-0.2, 0) is 10.3 Å². The van der Waals surface area contributed by atoms with Crippen LogP contribution in [-0.4, -0.2) is 23.1 Å². The molecule has 106 valence electrons. The van der Waals surface area contributed by atoms with Crippen LogP contribution in [0.2, 0.25) is 0 Å². The van der Waals surface area contributed by atoms with Gasteiger partial charge in [0.1, 0.15) is 11.4 Å². The number of hydrogen-bond donors (Lipinski definition) is 1. The molecule has 0 bridgehead atoms. The zero-order valence-electron chi connectivity index (χ0n) is 12.1. The Kier molecular flexibility index (Phi) is 4.66. The molecule has 19 heavy (non-hydrogen) atoms. The number of ether oxygens (including phenoxy) is 1. The molecular formula is C14H22IN3O. The fourth-order valence-corrected chi connectivity index (χ4v) is 2.94. The molecule has 5 heteroatoms. The Morgan fingerprint density at radius 3 is 2.53 bits per heavy atom. The molecule has 0 spiro atoms. The van der Waals surface area contributed by atoms with Crippen LogP contribution >= 0.6 is 22.6 Å². The Morgan fingerprint density at radius 2 is 2.00 bits per heavy atom. The van der Waals surface area contributed by atoms with E-state index in [-0.39, 0.29) is 0 Å². The first-order chi connectivity index (χ1) is 8.99. The number of anilines is 1. The molecule has 1 aromatic heterocycles. The van der Waals surface area contributed by atoms with Crippen molar-refractivity contribution in [3.8, 4) is 0 Å². The van der Waals surface area contributed by atoms with Gasteiger partial charge in [-0.25, -0.2) is 9.97 Å². The molecule has 1 aromatic rings. The molecule has 0 amide bonds. The average Bonchev–Trinajstić information content (AvgIpc) is 3.15. The van der Waals surface area contributed by atoms with Crippen molar-refractivity contribution < 1.29 is 4.74 Å². The van der Waals surface area contributed by atoms with E-state index in [0.29, 0.717) is 12.5 Å². The topological polar surface area (TPSA) is 47.0 Å². The molecule has 0 atom stereocenters. The van der Waals surface area contributed by atoms with Crippen molar-refractivity contribution in [2.24, 2.45) is 0 Å². The number of rotatable bonds is 6. The average molecular weight is 375 g/mol. The van der Waals surface area contributed by atoms with Gasteiger partial charge in [0.2, 0.25) is 0 Å². The second kappa shape index (κ2) is 5.91. The minimum Gasteiger partial charge on any atom is -0.369 e. The SMILES string of the molecule is CCNc1nc(C(C)(C)OCC)nc(C2CC2)c1I. The minimum absolute atomic E-state index is 0.438. The van der Waals surface area contributed by atoms with Crippen LogP contribution in [0.4, 0.5) is 5.82 Å². The van der Waals surface area contributed by atoms with Gasteiger partial charge in [-0.3, -0.25) is 0 Å². The van der Waals surface area contributed by atoms with Crippen LogP contribution in [0.5, 0.6) is 0 Å². The highest BCUT2D eigenvalue weighted by Gasteiger charge is 2.32. The van der Waals surface area contributed by atoms with Crippen LogP contribution in [0.1, 0.15) is 58.0 Å². The van der Waals surface area contributed by atoms with Crippen LogP contribution in [0.15, 0.2) is 0 Å². The number of hydrogen-bond acceptors (Lipinski definition) is 4. The summed E-state index contributed by atoms with van der Waals surface area (Å²) in [6, 6.07) is 0. The summed E-state index contributed by atoms with van der Waals surface area (Å²) in [5.74, 6) is 2.35. The quantitative estimate of drug-likeness (QED) is 0.771. The molecule has 2 rings (SSSR count). The van der Waals surface area contributed by atoms with Crippen LogP contribution in [0.25, 0.3) is 0 Å². The molecule has 0 aliphatic heterocycles. The summed E-state index contributed by atoms with van der Waals surface area (Å²) in [6.45, 7) is 9.68. The van der Waals surface area contributed by atoms with Gasteiger partial charge < -0.3 is 10.1 Å². The molecule has 0 saturated heterocycles. The van der Waals surface area contributed by atoms with Crippen molar-refractivity contribution in [2.75, 3.05) is 18.5 Å². The zero-order chi connectivity index (χ0) is 14.0. The van der Waals surface area contributed by atoms with E-state index in [2.05, 4.69) is 39.8 Å². The van der Waals surface area contributed by atoms with Gasteiger partial charge in [-0.2, -0.15) is 0 Å². The van der Waals surface area contributed by atoms with Gasteiger partial charge in [0.15, 0.2) is 5.82 Å². The standard InChI is InChI=1S/C14H22IN3O/c1-5-16-12-10(15)11(9-7-8-9)17-13(18-12)14(3,4)19-6-2/h9H,5-8H2,1-4H3,(H,16,17,18). The van der Waals surface area contributed by atoms with E-state index in [9.17, 15) is 0 Å². The summed E-state index contributed by atoms with van der Waals surface area (Å²) >= 11 is 2.36. The minimum atomic E-state index is -0.438. The molecule has 1 aliphatic carbocycles. The van der Waals surface area contributed by atoms with E-state index in [1.54, 1.807) is 0 Å². The summed E-state index contributed by atoms with van der Waals surface area (Å²) in [4.78, 5) is 9.45. The first-order valence-electron chi connectivity index (χ1n) is 6.95. The number of halogens is 1. The maximum atomic E-state index is 5.79. The van der Waals surface area contributed by atoms with Crippen LogP contribution in [0.3, 0.4) is 0 Å². The van der Waals surface area contributed by atoms with E-state index in [1.807, 2.05) is 20.8 Å². The molecule has 1 fully saturated rings. The van der Waals surface area contributed by atoms with E-state index in [1.165, 1.54) is 18.5 Å². The van der Waals surface area contributed by atoms with Gasteiger partial charge in [0, 0.05) is 19.1 Å². The summed E-state index contributed by atoms with van der Waals surface area (Å²) in [5, 5.41) is 3.34. The largest absolute Gasteiger partial charge is 0.369 e. The highest BCUT2D eigenvalue weighted by Crippen LogP contribution is 2.43. The lowest BCUT2D eigenvalue weighted by atomic mass is 10.1. The molecule has 0 unspecified atom stereocenters. The first kappa shape index (κ1) is 15.0. The van der Waals surface area contributed by atoms with Gasteiger partial charge in [-0.15, -0.1) is 0 Å². The monoisotopic (exact) mass is 375 g/mol. The van der Waals surface area contributed by atoms with Crippen molar-refractivity contribution in [2.45, 2.75) is 52.1 Å². The van der Waals surface area contributed by atoms with Gasteiger partial charge in [-0.1, -0.05) is 0 Å². The maximum absolute atomic E-state index is 5.79. The van der Waals surface area contributed by atoms with E-state index >= 15 is 0 Å². The third kappa shape index (κ3) is 3.37. The summed E-state index contributed by atoms with van der Waals surface area (Å²) in [7, 11) is 0. The third-order valence-electron chi connectivity index (χ3n) is 3.23. The summed E-state index contributed by atoms with van der Waals surface area (Å²) in [5.41, 5.74) is 0.752. The Morgan fingerprint density at radius 1 is 1.32 bits per heavy atom. The lowest BCUT2D eigenvalue weighted by molar-refractivity contribution is -0.0209. The highest BCUT2D eigenvalue weighted by atomic mass is 127. The maximum Gasteiger partial charge on any atom is 0.162 e. The molecule has 1 aliphatic rings. The highest BCUT2D eigenvalue weighted by molar-refractivity contribution is 14.1. The fourth-order valence-electron chi connectivity index (χ4n) is 2.07. The summed E-state index contributed by atoms with van der Waals surface area (Å²) in [6.07, 6.45) is 2.49. The van der Waals surface area contributed by atoms with Gasteiger partial charge >= 0.3 is 0 Å². The lowest BCUT2D eigenvalue weighted by Gasteiger charge is -2.24. The number of nitrogens with zero attached hydrogens (tertiary/aromatic N) is 2. The zero-order valence-corrected chi connectivity index (χ0v) is 14.2. The van der Waals surface area contributed by atoms with Gasteiger partial charge in [0.25, 0.3) is 0 Å². The fraction of sp³-hybridized carbons (Fsp3) is 0.714. The number of nitrogens with one attached hydrogen (secondary N) is 1. The van der Waals surface area contributed by atoms with E-state index < -0.39 is 5.60 Å². The Hall–Kier alpha value is -0.430. The second-order valence-electron chi connectivity index (χ2n) is 5.34. The Balaban J connectivity index is 2.43. The molecule has 4 nitrogen and oxygen atoms in total. The predicted molar refractivity (Wildman–Crippen MR) is 85.5 cm³/mol. The molecule has 0 radical (unpaired) electrons. The Labute approximate surface area is 128 Å². The van der Waals surface area contributed by atoms with Gasteiger partial charge in [0.05, 0.1) is 9.26 Å². The number of aromatic nitrogens is 2. The van der Waals surface area contributed by atoms with Crippen LogP contribution < -0.4 is 5.32 Å². The van der Waals surface area contributed by atoms with Crippen LogP contribution in [0, 0.1) is 3.57 Å². The van der Waals surface area contributed by atoms with E-state index in [0.717, 1.165) is 21.8 Å². The smallest absolute Gasteiger partial charge is 0.162 e. The van der Waals surface area contributed by atoms with Crippen molar-refractivity contribution >= 4 is 28.4 Å². The lowest BCUT2D eigenvalue weighted by Crippen LogP contribution is -2.26. The van der Waals surface area contributed by atoms with Crippen molar-refractivity contribution in [3.63, 3.8) is 0 Å². The third-order valence-corrected chi connectivity index (χ3v) is 4.29. The second-order valence-corrected chi connectivity index (χ2v) is 6.42. The summed E-state index contributed by atoms with van der Waals surface area (Å²) < 4.78 is 6.95. The molecule has 1 heterocycles. The van der Waals surface area contributed by atoms with E-state index in [4.69, 9.17) is 9.72 Å². The molecule has 1 N–H and O–H groups in total. The molecule has 0 aromatic carbocycles. The first-order valence-corrected chi connectivity index (χ1v) is 8.03. The Bertz CT molecular complexity index is 458. The van der Waals surface area contributed by atoms with Crippen molar-refractivity contribution in [1.82, 2.24) is 9.97 Å². The van der Waals surface area contributed by atoms with Gasteiger partial charge in [-0.05, 0) is 63.1 Å². The molecular weight excluding hydrogens is 353 g/mol.